The van der Waals surface area contributed by atoms with Crippen molar-refractivity contribution in [2.24, 2.45) is 5.92 Å². The number of aromatic nitrogens is 1. The normalized spacial score (nSPS) is 28.2. The van der Waals surface area contributed by atoms with Crippen LogP contribution >= 0.6 is 23.2 Å². The molecule has 2 bridgehead atoms. The van der Waals surface area contributed by atoms with E-state index >= 15 is 0 Å². The second-order valence-corrected chi connectivity index (χ2v) is 6.54. The summed E-state index contributed by atoms with van der Waals surface area (Å²) in [5, 5.41) is 7.88. The van der Waals surface area contributed by atoms with Crippen LogP contribution < -0.4 is 5.32 Å². The van der Waals surface area contributed by atoms with Crippen molar-refractivity contribution in [3.63, 3.8) is 0 Å². The summed E-state index contributed by atoms with van der Waals surface area (Å²) in [7, 11) is 0. The zero-order chi connectivity index (χ0) is 14.6. The lowest BCUT2D eigenvalue weighted by atomic mass is 9.84. The first-order valence-electron chi connectivity index (χ1n) is 7.05. The number of halogens is 3. The third-order valence-corrected chi connectivity index (χ3v) is 5.41. The van der Waals surface area contributed by atoms with Gasteiger partial charge in [-0.3, -0.25) is 0 Å². The van der Waals surface area contributed by atoms with Crippen molar-refractivity contribution in [3.8, 4) is 0 Å². The minimum absolute atomic E-state index is 0.0705. The molecule has 3 aliphatic heterocycles. The lowest BCUT2D eigenvalue weighted by molar-refractivity contribution is 0.0973. The Morgan fingerprint density at radius 3 is 2.71 bits per heavy atom. The maximum absolute atomic E-state index is 13.8. The monoisotopic (exact) mass is 329 g/mol. The molecule has 0 spiro atoms. The van der Waals surface area contributed by atoms with E-state index in [0.717, 1.165) is 6.54 Å². The molecule has 1 aromatic carbocycles. The van der Waals surface area contributed by atoms with Gasteiger partial charge in [-0.1, -0.05) is 28.4 Å². The van der Waals surface area contributed by atoms with E-state index in [4.69, 9.17) is 27.7 Å². The fourth-order valence-electron chi connectivity index (χ4n) is 3.39. The molecule has 7 heteroatoms. The minimum Gasteiger partial charge on any atom is -0.362 e. The van der Waals surface area contributed by atoms with E-state index < -0.39 is 5.82 Å². The van der Waals surface area contributed by atoms with Crippen LogP contribution in [-0.2, 0) is 0 Å². The predicted molar refractivity (Wildman–Crippen MR) is 80.6 cm³/mol. The van der Waals surface area contributed by atoms with Gasteiger partial charge >= 0.3 is 0 Å². The third kappa shape index (κ3) is 2.18. The highest BCUT2D eigenvalue weighted by molar-refractivity contribution is 6.45. The highest BCUT2D eigenvalue weighted by atomic mass is 35.5. The third-order valence-electron chi connectivity index (χ3n) is 4.58. The lowest BCUT2D eigenvalue weighted by Crippen LogP contribution is -2.53. The van der Waals surface area contributed by atoms with E-state index in [1.165, 1.54) is 32.0 Å². The molecular weight excluding hydrogens is 316 g/mol. The van der Waals surface area contributed by atoms with Gasteiger partial charge in [0.1, 0.15) is 10.8 Å². The molecule has 0 aliphatic carbocycles. The van der Waals surface area contributed by atoms with Gasteiger partial charge in [-0.25, -0.2) is 4.39 Å². The number of hydrogen-bond acceptors (Lipinski definition) is 4. The summed E-state index contributed by atoms with van der Waals surface area (Å²) in [6, 6.07) is 1.64. The molecule has 1 atom stereocenters. The molecule has 2 aromatic rings. The summed E-state index contributed by atoms with van der Waals surface area (Å²) in [6.07, 6.45) is 2.38. The molecule has 0 saturated carbocycles. The SMILES string of the molecule is Fc1cc2c(NC3CN4CCC3CC4)noc2c(Cl)c1Cl. The van der Waals surface area contributed by atoms with Crippen LogP contribution in [0.2, 0.25) is 10.0 Å². The number of piperidine rings is 3. The summed E-state index contributed by atoms with van der Waals surface area (Å²) in [4.78, 5) is 2.43. The molecule has 1 N–H and O–H groups in total. The Morgan fingerprint density at radius 2 is 2.05 bits per heavy atom. The first-order valence-corrected chi connectivity index (χ1v) is 7.81. The second kappa shape index (κ2) is 5.00. The molecule has 1 aromatic heterocycles. The fraction of sp³-hybridized carbons (Fsp3) is 0.500. The van der Waals surface area contributed by atoms with Gasteiger partial charge in [-0.2, -0.15) is 0 Å². The van der Waals surface area contributed by atoms with Crippen molar-refractivity contribution >= 4 is 40.0 Å². The Labute approximate surface area is 131 Å². The van der Waals surface area contributed by atoms with E-state index in [1.54, 1.807) is 0 Å². The van der Waals surface area contributed by atoms with Crippen LogP contribution in [0.4, 0.5) is 10.2 Å². The van der Waals surface area contributed by atoms with Gasteiger partial charge < -0.3 is 14.7 Å². The van der Waals surface area contributed by atoms with Gasteiger partial charge in [0, 0.05) is 12.6 Å². The predicted octanol–water partition coefficient (Wildman–Crippen LogP) is 3.78. The van der Waals surface area contributed by atoms with Crippen LogP contribution in [0.3, 0.4) is 0 Å². The summed E-state index contributed by atoms with van der Waals surface area (Å²) < 4.78 is 19.0. The molecule has 5 rings (SSSR count). The van der Waals surface area contributed by atoms with Gasteiger partial charge in [0.25, 0.3) is 0 Å². The molecular formula is C14H14Cl2FN3O. The zero-order valence-electron chi connectivity index (χ0n) is 11.2. The van der Waals surface area contributed by atoms with Crippen LogP contribution in [0.1, 0.15) is 12.8 Å². The largest absolute Gasteiger partial charge is 0.362 e. The Kier molecular flexibility index (Phi) is 3.24. The van der Waals surface area contributed by atoms with E-state index in [1.807, 2.05) is 0 Å². The molecule has 0 radical (unpaired) electrons. The number of rotatable bonds is 2. The van der Waals surface area contributed by atoms with Crippen LogP contribution in [0, 0.1) is 11.7 Å². The lowest BCUT2D eigenvalue weighted by Gasteiger charge is -2.44. The average Bonchev–Trinajstić information content (AvgIpc) is 2.89. The van der Waals surface area contributed by atoms with E-state index in [-0.39, 0.29) is 10.0 Å². The Hall–Kier alpha value is -1.04. The van der Waals surface area contributed by atoms with Crippen LogP contribution in [0.15, 0.2) is 10.6 Å². The van der Waals surface area contributed by atoms with Gasteiger partial charge in [0.05, 0.1) is 10.4 Å². The topological polar surface area (TPSA) is 41.3 Å². The average molecular weight is 330 g/mol. The molecule has 1 unspecified atom stereocenters. The van der Waals surface area contributed by atoms with Crippen molar-refractivity contribution in [3.05, 3.63) is 21.9 Å². The number of hydrogen-bond donors (Lipinski definition) is 1. The van der Waals surface area contributed by atoms with Gasteiger partial charge in [-0.15, -0.1) is 0 Å². The summed E-state index contributed by atoms with van der Waals surface area (Å²) >= 11 is 11.8. The number of nitrogens with zero attached hydrogens (tertiary/aromatic N) is 2. The highest BCUT2D eigenvalue weighted by Crippen LogP contribution is 2.37. The summed E-state index contributed by atoms with van der Waals surface area (Å²) in [5.41, 5.74) is 0.326. The van der Waals surface area contributed by atoms with Gasteiger partial charge in [0.2, 0.25) is 0 Å². The van der Waals surface area contributed by atoms with Crippen molar-refractivity contribution in [2.75, 3.05) is 25.0 Å². The number of nitrogens with one attached hydrogen (secondary N) is 1. The molecule has 112 valence electrons. The smallest absolute Gasteiger partial charge is 0.189 e. The molecule has 3 saturated heterocycles. The van der Waals surface area contributed by atoms with Gasteiger partial charge in [-0.05, 0) is 37.9 Å². The van der Waals surface area contributed by atoms with Crippen LogP contribution in [0.25, 0.3) is 11.0 Å². The molecule has 4 heterocycles. The fourth-order valence-corrected chi connectivity index (χ4v) is 3.76. The maximum Gasteiger partial charge on any atom is 0.189 e. The van der Waals surface area contributed by atoms with Crippen LogP contribution in [-0.4, -0.2) is 35.7 Å². The zero-order valence-corrected chi connectivity index (χ0v) is 12.7. The molecule has 3 fully saturated rings. The molecule has 21 heavy (non-hydrogen) atoms. The van der Waals surface area contributed by atoms with E-state index in [2.05, 4.69) is 15.4 Å². The molecule has 4 nitrogen and oxygen atoms in total. The Morgan fingerprint density at radius 1 is 1.29 bits per heavy atom. The highest BCUT2D eigenvalue weighted by Gasteiger charge is 2.34. The summed E-state index contributed by atoms with van der Waals surface area (Å²) in [5.74, 6) is 0.616. The van der Waals surface area contributed by atoms with Crippen LogP contribution in [0.5, 0.6) is 0 Å². The maximum atomic E-state index is 13.8. The Balaban J connectivity index is 1.68. The minimum atomic E-state index is -0.561. The Bertz CT molecular complexity index is 697. The second-order valence-electron chi connectivity index (χ2n) is 5.78. The first kappa shape index (κ1) is 13.6. The van der Waals surface area contributed by atoms with Gasteiger partial charge in [0.15, 0.2) is 11.4 Å². The van der Waals surface area contributed by atoms with Crippen molar-refractivity contribution in [1.29, 1.82) is 0 Å². The van der Waals surface area contributed by atoms with Crippen molar-refractivity contribution < 1.29 is 8.91 Å². The first-order chi connectivity index (χ1) is 10.1. The number of benzene rings is 1. The summed E-state index contributed by atoms with van der Waals surface area (Å²) in [6.45, 7) is 3.32. The quantitative estimate of drug-likeness (QED) is 0.851. The molecule has 0 amide bonds. The number of fused-ring (bicyclic) bond motifs is 4. The van der Waals surface area contributed by atoms with Crippen molar-refractivity contribution in [2.45, 2.75) is 18.9 Å². The number of anilines is 1. The van der Waals surface area contributed by atoms with Crippen molar-refractivity contribution in [1.82, 2.24) is 10.1 Å². The van der Waals surface area contributed by atoms with E-state index in [9.17, 15) is 4.39 Å². The standard InChI is InChI=1S/C14H14Cl2FN3O/c15-11-9(17)5-8-13(12(11)16)21-19-14(8)18-10-6-20-3-1-7(10)2-4-20/h5,7,10H,1-4,6H2,(H,18,19). The van der Waals surface area contributed by atoms with E-state index in [0.29, 0.717) is 28.7 Å². The molecule has 3 aliphatic rings.